The smallest absolute Gasteiger partial charge is 0.169 e. The normalized spacial score (nSPS) is 55.8. The highest BCUT2D eigenvalue weighted by atomic mass is 16.7. The third kappa shape index (κ3) is 2.35. The van der Waals surface area contributed by atoms with E-state index in [0.717, 1.165) is 49.7 Å². The van der Waals surface area contributed by atoms with E-state index in [-0.39, 0.29) is 11.9 Å². The Morgan fingerprint density at radius 1 is 0.769 bits per heavy atom. The van der Waals surface area contributed by atoms with Gasteiger partial charge in [0.2, 0.25) is 0 Å². The van der Waals surface area contributed by atoms with E-state index in [1.807, 2.05) is 0 Å². The summed E-state index contributed by atoms with van der Waals surface area (Å²) in [6.45, 7) is 8.90. The average Bonchev–Trinajstić information content (AvgIpc) is 3.19. The second-order valence-electron chi connectivity index (χ2n) is 11.0. The molecular weight excluding hydrogens is 324 g/mol. The summed E-state index contributed by atoms with van der Waals surface area (Å²) in [4.78, 5) is 0. The van der Waals surface area contributed by atoms with Crippen LogP contribution in [-0.4, -0.2) is 30.2 Å². The van der Waals surface area contributed by atoms with E-state index in [1.165, 1.54) is 44.9 Å². The van der Waals surface area contributed by atoms with Crippen LogP contribution in [0.1, 0.15) is 78.6 Å². The molecule has 26 heavy (non-hydrogen) atoms. The van der Waals surface area contributed by atoms with Crippen molar-refractivity contribution in [2.45, 2.75) is 90.4 Å². The van der Waals surface area contributed by atoms with E-state index >= 15 is 0 Å². The van der Waals surface area contributed by atoms with Crippen molar-refractivity contribution in [2.75, 3.05) is 13.2 Å². The molecule has 3 heteroatoms. The minimum absolute atomic E-state index is 0.0362. The van der Waals surface area contributed by atoms with Crippen LogP contribution in [-0.2, 0) is 9.47 Å². The predicted molar refractivity (Wildman–Crippen MR) is 102 cm³/mol. The molecule has 0 spiro atoms. The molecule has 5 rings (SSSR count). The first-order valence-electron chi connectivity index (χ1n) is 11.3. The minimum atomic E-state index is -0.341. The Bertz CT molecular complexity index is 556. The van der Waals surface area contributed by atoms with Crippen LogP contribution < -0.4 is 0 Å². The summed E-state index contributed by atoms with van der Waals surface area (Å²) >= 11 is 0. The van der Waals surface area contributed by atoms with Crippen molar-refractivity contribution in [1.29, 1.82) is 0 Å². The van der Waals surface area contributed by atoms with Crippen LogP contribution >= 0.6 is 0 Å². The Balaban J connectivity index is 1.41. The first-order valence-corrected chi connectivity index (χ1v) is 11.3. The van der Waals surface area contributed by atoms with E-state index in [9.17, 15) is 5.11 Å². The van der Waals surface area contributed by atoms with Gasteiger partial charge in [0, 0.05) is 5.92 Å². The quantitative estimate of drug-likeness (QED) is 0.730. The van der Waals surface area contributed by atoms with Gasteiger partial charge in [-0.05, 0) is 99.2 Å². The number of hydrogen-bond donors (Lipinski definition) is 1. The van der Waals surface area contributed by atoms with Crippen LogP contribution in [0.3, 0.4) is 0 Å². The van der Waals surface area contributed by atoms with Crippen molar-refractivity contribution < 1.29 is 14.6 Å². The van der Waals surface area contributed by atoms with Gasteiger partial charge in [0.15, 0.2) is 5.79 Å². The maximum Gasteiger partial charge on any atom is 0.169 e. The summed E-state index contributed by atoms with van der Waals surface area (Å²) in [6, 6.07) is 0. The highest BCUT2D eigenvalue weighted by molar-refractivity contribution is 5.11. The molecule has 1 heterocycles. The van der Waals surface area contributed by atoms with Crippen molar-refractivity contribution >= 4 is 0 Å². The lowest BCUT2D eigenvalue weighted by atomic mass is 9.44. The molecule has 0 bridgehead atoms. The van der Waals surface area contributed by atoms with Gasteiger partial charge in [-0.15, -0.1) is 0 Å². The van der Waals surface area contributed by atoms with Gasteiger partial charge in [0.25, 0.3) is 0 Å². The van der Waals surface area contributed by atoms with E-state index in [4.69, 9.17) is 9.47 Å². The van der Waals surface area contributed by atoms with Gasteiger partial charge in [-0.3, -0.25) is 0 Å². The van der Waals surface area contributed by atoms with Crippen LogP contribution in [0.25, 0.3) is 0 Å². The average molecular weight is 363 g/mol. The Labute approximate surface area is 159 Å². The number of ether oxygens (including phenoxy) is 2. The molecule has 4 aliphatic carbocycles. The van der Waals surface area contributed by atoms with Crippen LogP contribution in [0.5, 0.6) is 0 Å². The lowest BCUT2D eigenvalue weighted by Gasteiger charge is -2.61. The van der Waals surface area contributed by atoms with E-state index in [2.05, 4.69) is 20.8 Å². The van der Waals surface area contributed by atoms with Gasteiger partial charge in [-0.1, -0.05) is 13.8 Å². The maximum atomic E-state index is 10.2. The van der Waals surface area contributed by atoms with Gasteiger partial charge in [0.1, 0.15) is 0 Å². The molecule has 0 aromatic carbocycles. The topological polar surface area (TPSA) is 38.7 Å². The summed E-state index contributed by atoms with van der Waals surface area (Å²) in [5.41, 5.74) is 0.865. The van der Waals surface area contributed by atoms with Gasteiger partial charge >= 0.3 is 0 Å². The first-order chi connectivity index (χ1) is 12.4. The molecule has 5 fully saturated rings. The fourth-order valence-electron chi connectivity index (χ4n) is 8.83. The lowest BCUT2D eigenvalue weighted by molar-refractivity contribution is -0.218. The number of aliphatic hydroxyl groups is 1. The van der Waals surface area contributed by atoms with Crippen LogP contribution in [0.15, 0.2) is 0 Å². The van der Waals surface area contributed by atoms with Gasteiger partial charge in [-0.2, -0.15) is 0 Å². The molecule has 1 aliphatic heterocycles. The standard InChI is InChI=1S/C23H38O3/c1-21-10-8-16(24)14-15(21)4-5-17-18-6-7-20(23(3)25-12-13-26-23)22(18,2)11-9-19(17)21/h15-20,24H,4-14H2,1-3H3/t15-,16+,17+,18+,19+,20+,21+,22+/m1/s1. The molecule has 4 saturated carbocycles. The molecule has 0 radical (unpaired) electrons. The van der Waals surface area contributed by atoms with Gasteiger partial charge in [0.05, 0.1) is 19.3 Å². The molecule has 0 unspecified atom stereocenters. The highest BCUT2D eigenvalue weighted by Gasteiger charge is 2.63. The molecule has 3 nitrogen and oxygen atoms in total. The number of hydrogen-bond acceptors (Lipinski definition) is 3. The summed E-state index contributed by atoms with van der Waals surface area (Å²) in [5.74, 6) is 3.59. The van der Waals surface area contributed by atoms with Crippen LogP contribution in [0.4, 0.5) is 0 Å². The molecule has 8 atom stereocenters. The number of rotatable bonds is 1. The van der Waals surface area contributed by atoms with Crippen molar-refractivity contribution in [1.82, 2.24) is 0 Å². The van der Waals surface area contributed by atoms with Crippen molar-refractivity contribution in [3.8, 4) is 0 Å². The zero-order chi connectivity index (χ0) is 18.2. The highest BCUT2D eigenvalue weighted by Crippen LogP contribution is 2.69. The molecule has 0 aromatic rings. The zero-order valence-corrected chi connectivity index (χ0v) is 17.0. The maximum absolute atomic E-state index is 10.2. The Kier molecular flexibility index (Phi) is 4.10. The van der Waals surface area contributed by atoms with E-state index in [1.54, 1.807) is 0 Å². The fourth-order valence-corrected chi connectivity index (χ4v) is 8.83. The third-order valence-electron chi connectivity index (χ3n) is 10.1. The van der Waals surface area contributed by atoms with Crippen molar-refractivity contribution in [2.24, 2.45) is 40.4 Å². The molecule has 148 valence electrons. The molecular formula is C23H38O3. The Hall–Kier alpha value is -0.120. The second kappa shape index (κ2) is 5.94. The Morgan fingerprint density at radius 3 is 2.23 bits per heavy atom. The second-order valence-corrected chi connectivity index (χ2v) is 11.0. The van der Waals surface area contributed by atoms with E-state index < -0.39 is 0 Å². The molecule has 1 N–H and O–H groups in total. The minimum Gasteiger partial charge on any atom is -0.393 e. The van der Waals surface area contributed by atoms with Crippen LogP contribution in [0, 0.1) is 40.4 Å². The summed E-state index contributed by atoms with van der Waals surface area (Å²) in [7, 11) is 0. The van der Waals surface area contributed by atoms with E-state index in [0.29, 0.717) is 16.7 Å². The molecule has 0 aromatic heterocycles. The SMILES string of the molecule is CC1([C@H]2CC[C@H]3[C@@H]4CC[C@@H]5C[C@@H](O)CC[C@]5(C)[C@H]4CC[C@]23C)OCCO1. The van der Waals surface area contributed by atoms with Crippen molar-refractivity contribution in [3.63, 3.8) is 0 Å². The largest absolute Gasteiger partial charge is 0.393 e. The van der Waals surface area contributed by atoms with Gasteiger partial charge in [-0.25, -0.2) is 0 Å². The zero-order valence-electron chi connectivity index (χ0n) is 17.0. The summed E-state index contributed by atoms with van der Waals surface area (Å²) < 4.78 is 12.3. The summed E-state index contributed by atoms with van der Waals surface area (Å²) in [5, 5.41) is 10.2. The Morgan fingerprint density at radius 2 is 1.46 bits per heavy atom. The molecule has 5 aliphatic rings. The predicted octanol–water partition coefficient (Wildman–Crippen LogP) is 4.77. The molecule has 0 amide bonds. The van der Waals surface area contributed by atoms with Crippen molar-refractivity contribution in [3.05, 3.63) is 0 Å². The van der Waals surface area contributed by atoms with Gasteiger partial charge < -0.3 is 14.6 Å². The number of aliphatic hydroxyl groups excluding tert-OH is 1. The third-order valence-corrected chi connectivity index (χ3v) is 10.1. The summed E-state index contributed by atoms with van der Waals surface area (Å²) in [6.07, 6.45) is 11.4. The fraction of sp³-hybridized carbons (Fsp3) is 1.00. The monoisotopic (exact) mass is 362 g/mol. The lowest BCUT2D eigenvalue weighted by Crippen LogP contribution is -2.55. The molecule has 1 saturated heterocycles. The first kappa shape index (κ1) is 17.9. The van der Waals surface area contributed by atoms with Crippen LogP contribution in [0.2, 0.25) is 0 Å². The number of fused-ring (bicyclic) bond motifs is 5.